The topological polar surface area (TPSA) is 185 Å². The van der Waals surface area contributed by atoms with Gasteiger partial charge in [-0.15, -0.1) is 10.2 Å². The average molecular weight is 219 g/mol. The minimum absolute atomic E-state index is 0.521. The van der Waals surface area contributed by atoms with Gasteiger partial charge in [0.1, 0.15) is 0 Å². The lowest BCUT2D eigenvalue weighted by molar-refractivity contribution is -0.561. The molecule has 1 rings (SSSR count). The highest BCUT2D eigenvalue weighted by molar-refractivity contribution is 5.80. The summed E-state index contributed by atoms with van der Waals surface area (Å²) in [5.41, 5.74) is 4.99. The zero-order valence-corrected chi connectivity index (χ0v) is 6.95. The van der Waals surface area contributed by atoms with Crippen LogP contribution < -0.4 is 22.1 Å². The fraction of sp³-hybridized carbons (Fsp3) is 0.500. The van der Waals surface area contributed by atoms with Crippen molar-refractivity contribution in [2.24, 2.45) is 21.1 Å². The van der Waals surface area contributed by atoms with Crippen LogP contribution in [0, 0.1) is 20.2 Å². The van der Waals surface area contributed by atoms with Gasteiger partial charge in [-0.3, -0.25) is 5.84 Å². The molecule has 0 radical (unpaired) electrons. The normalized spacial score (nSPS) is 23.4. The third-order valence-electron chi connectivity index (χ3n) is 1.20. The summed E-state index contributed by atoms with van der Waals surface area (Å²) in [7, 11) is 0. The second kappa shape index (κ2) is 3.76. The van der Waals surface area contributed by atoms with E-state index in [4.69, 9.17) is 5.84 Å². The van der Waals surface area contributed by atoms with E-state index in [1.54, 1.807) is 10.9 Å². The maximum Gasteiger partial charge on any atom is 0.371 e. The van der Waals surface area contributed by atoms with Crippen molar-refractivity contribution < 1.29 is 10.1 Å². The van der Waals surface area contributed by atoms with E-state index in [-0.39, 0.29) is 0 Å². The summed E-state index contributed by atoms with van der Waals surface area (Å²) in [6.07, 6.45) is 0. The van der Waals surface area contributed by atoms with Crippen molar-refractivity contribution in [3.63, 3.8) is 0 Å². The van der Waals surface area contributed by atoms with Gasteiger partial charge in [0.25, 0.3) is 0 Å². The van der Waals surface area contributed by atoms with Crippen molar-refractivity contribution in [1.82, 2.24) is 16.3 Å². The monoisotopic (exact) mass is 219 g/mol. The largest absolute Gasteiger partial charge is 0.371 e. The summed E-state index contributed by atoms with van der Waals surface area (Å²) in [5.74, 6) is 2.39. The van der Waals surface area contributed by atoms with Gasteiger partial charge in [-0.1, -0.05) is 10.9 Å². The minimum atomic E-state index is -2.03. The first-order chi connectivity index (χ1) is 6.97. The van der Waals surface area contributed by atoms with E-state index in [0.717, 1.165) is 0 Å². The van der Waals surface area contributed by atoms with Crippen LogP contribution in [0.4, 0.5) is 0 Å². The first-order valence-corrected chi connectivity index (χ1v) is 3.31. The lowest BCUT2D eigenvalue weighted by Gasteiger charge is -2.14. The highest BCUT2D eigenvalue weighted by atomic mass is 16.7. The molecule has 0 saturated heterocycles. The molecule has 1 aliphatic rings. The van der Waals surface area contributed by atoms with Gasteiger partial charge in [0.2, 0.25) is 0 Å². The van der Waals surface area contributed by atoms with Gasteiger partial charge in [-0.2, -0.15) is 10.4 Å². The van der Waals surface area contributed by atoms with Gasteiger partial charge in [-0.05, 0) is 0 Å². The third-order valence-corrected chi connectivity index (χ3v) is 1.20. The highest BCUT2D eigenvalue weighted by Crippen LogP contribution is 2.11. The van der Waals surface area contributed by atoms with Crippen molar-refractivity contribution in [2.75, 3.05) is 0 Å². The van der Waals surface area contributed by atoms with Crippen LogP contribution in [0.5, 0.6) is 0 Å². The predicted molar refractivity (Wildman–Crippen MR) is 42.6 cm³/mol. The maximum atomic E-state index is 10.1. The average Bonchev–Trinajstić information content (AvgIpc) is 2.47. The van der Waals surface area contributed by atoms with Crippen LogP contribution in [0.3, 0.4) is 0 Å². The molecule has 1 heterocycles. The summed E-state index contributed by atoms with van der Waals surface area (Å²) in [6.45, 7) is 0. The Labute approximate surface area is 80.6 Å². The van der Waals surface area contributed by atoms with Crippen LogP contribution in [0.25, 0.3) is 0 Å². The third kappa shape index (κ3) is 2.51. The van der Waals surface area contributed by atoms with Gasteiger partial charge >= 0.3 is 11.9 Å². The molecule has 0 bridgehead atoms. The molecular formula is C2H5N9O4. The summed E-state index contributed by atoms with van der Waals surface area (Å²) in [5, 5.41) is 24.6. The van der Waals surface area contributed by atoms with Crippen LogP contribution in [0.1, 0.15) is 0 Å². The number of nitrogens with zero attached hydrogens (tertiary/aromatic N) is 5. The SMILES string of the molecule is NNC1(N[N+](=O)[O-])N=NC(N[N+](=O)[O-])=N1. The molecule has 0 saturated carbocycles. The first-order valence-electron chi connectivity index (χ1n) is 3.31. The van der Waals surface area contributed by atoms with Crippen molar-refractivity contribution in [3.05, 3.63) is 20.2 Å². The number of aliphatic imine (C=N–C) groups is 1. The Kier molecular flexibility index (Phi) is 2.68. The Bertz CT molecular complexity index is 348. The van der Waals surface area contributed by atoms with Crippen molar-refractivity contribution in [1.29, 1.82) is 0 Å². The highest BCUT2D eigenvalue weighted by Gasteiger charge is 2.39. The number of nitro groups is 2. The number of nitrogens with two attached hydrogens (primary N) is 1. The number of guanidine groups is 1. The molecule has 82 valence electrons. The number of nitrogens with one attached hydrogen (secondary N) is 3. The van der Waals surface area contributed by atoms with E-state index in [1.807, 2.05) is 5.43 Å². The molecule has 0 aromatic rings. The Morgan fingerprint density at radius 2 is 2.00 bits per heavy atom. The quantitative estimate of drug-likeness (QED) is 0.172. The predicted octanol–water partition coefficient (Wildman–Crippen LogP) is -2.55. The smallest absolute Gasteiger partial charge is 0.266 e. The number of hydrazine groups is 3. The van der Waals surface area contributed by atoms with E-state index >= 15 is 0 Å². The maximum absolute atomic E-state index is 10.1. The van der Waals surface area contributed by atoms with Gasteiger partial charge in [0.15, 0.2) is 10.1 Å². The van der Waals surface area contributed by atoms with Crippen LogP contribution in [0.15, 0.2) is 15.2 Å². The molecular weight excluding hydrogens is 214 g/mol. The van der Waals surface area contributed by atoms with Crippen LogP contribution in [0.2, 0.25) is 0 Å². The summed E-state index contributed by atoms with van der Waals surface area (Å²) < 4.78 is 0. The van der Waals surface area contributed by atoms with Gasteiger partial charge < -0.3 is 0 Å². The zero-order chi connectivity index (χ0) is 11.5. The van der Waals surface area contributed by atoms with Crippen molar-refractivity contribution >= 4 is 5.96 Å². The molecule has 1 unspecified atom stereocenters. The number of rotatable bonds is 4. The molecule has 0 aliphatic carbocycles. The summed E-state index contributed by atoms with van der Waals surface area (Å²) in [6, 6.07) is 0. The second-order valence-electron chi connectivity index (χ2n) is 2.19. The van der Waals surface area contributed by atoms with E-state index in [9.17, 15) is 20.2 Å². The van der Waals surface area contributed by atoms with E-state index < -0.39 is 21.9 Å². The Morgan fingerprint density at radius 1 is 1.33 bits per heavy atom. The van der Waals surface area contributed by atoms with Crippen molar-refractivity contribution in [3.8, 4) is 0 Å². The molecule has 0 aromatic heterocycles. The molecule has 0 fully saturated rings. The van der Waals surface area contributed by atoms with E-state index in [1.165, 1.54) is 0 Å². The lowest BCUT2D eigenvalue weighted by atomic mass is 10.7. The molecule has 1 aliphatic heterocycles. The summed E-state index contributed by atoms with van der Waals surface area (Å²) >= 11 is 0. The van der Waals surface area contributed by atoms with Crippen molar-refractivity contribution in [2.45, 2.75) is 5.91 Å². The number of hydrogen-bond donors (Lipinski definition) is 4. The first kappa shape index (κ1) is 10.7. The molecule has 0 aromatic carbocycles. The summed E-state index contributed by atoms with van der Waals surface area (Å²) in [4.78, 5) is 23.5. The second-order valence-corrected chi connectivity index (χ2v) is 2.19. The standard InChI is InChI=1S/C2H5N9O4/c3-7-2(9-11(14)15)4-1(5-8-2)6-10(12)13/h7,9H,3H2,(H,4,6). The molecule has 13 heteroatoms. The number of hydrogen-bond acceptors (Lipinski definition) is 9. The molecule has 15 heavy (non-hydrogen) atoms. The molecule has 1 atom stereocenters. The van der Waals surface area contributed by atoms with Crippen LogP contribution in [-0.2, 0) is 0 Å². The number of azo groups is 1. The van der Waals surface area contributed by atoms with E-state index in [2.05, 4.69) is 15.2 Å². The van der Waals surface area contributed by atoms with Crippen LogP contribution in [-0.4, -0.2) is 21.9 Å². The molecule has 0 amide bonds. The lowest BCUT2D eigenvalue weighted by Crippen LogP contribution is -2.58. The molecule has 5 N–H and O–H groups in total. The Morgan fingerprint density at radius 3 is 2.47 bits per heavy atom. The fourth-order valence-electron chi connectivity index (χ4n) is 0.715. The van der Waals surface area contributed by atoms with Gasteiger partial charge in [0.05, 0.1) is 0 Å². The zero-order valence-electron chi connectivity index (χ0n) is 6.95. The molecule has 0 spiro atoms. The molecule has 13 nitrogen and oxygen atoms in total. The van der Waals surface area contributed by atoms with Gasteiger partial charge in [0, 0.05) is 0 Å². The van der Waals surface area contributed by atoms with Gasteiger partial charge in [-0.25, -0.2) is 20.2 Å². The Hall–Kier alpha value is -2.41. The van der Waals surface area contributed by atoms with Crippen LogP contribution >= 0.6 is 0 Å². The van der Waals surface area contributed by atoms with E-state index in [0.29, 0.717) is 0 Å². The Balaban J connectivity index is 2.79. The minimum Gasteiger partial charge on any atom is -0.266 e. The fourth-order valence-corrected chi connectivity index (χ4v) is 0.715.